The zero-order chi connectivity index (χ0) is 12.6. The highest BCUT2D eigenvalue weighted by Gasteiger charge is 2.08. The second kappa shape index (κ2) is 6.76. The van der Waals surface area contributed by atoms with Crippen molar-refractivity contribution in [3.05, 3.63) is 35.9 Å². The van der Waals surface area contributed by atoms with Gasteiger partial charge >= 0.3 is 6.09 Å². The summed E-state index contributed by atoms with van der Waals surface area (Å²) in [5.41, 5.74) is 4.29. The van der Waals surface area contributed by atoms with Gasteiger partial charge in [0, 0.05) is 18.6 Å². The molecule has 1 aromatic rings. The third-order valence-electron chi connectivity index (χ3n) is 2.59. The summed E-state index contributed by atoms with van der Waals surface area (Å²) in [6.45, 7) is 1.58. The minimum absolute atomic E-state index is 0.251. The molecule has 0 atom stereocenters. The fourth-order valence-electron chi connectivity index (χ4n) is 1.60. The van der Waals surface area contributed by atoms with Gasteiger partial charge in [0.1, 0.15) is 6.61 Å². The van der Waals surface area contributed by atoms with E-state index in [-0.39, 0.29) is 6.61 Å². The number of ether oxygens (including phenoxy) is 2. The number of carbonyl (C=O) groups excluding carboxylic acids is 1. The third kappa shape index (κ3) is 4.18. The second-order valence-electron chi connectivity index (χ2n) is 3.96. The average Bonchev–Trinajstić information content (AvgIpc) is 2.45. The van der Waals surface area contributed by atoms with E-state index in [1.54, 1.807) is 0 Å². The number of amides is 1. The van der Waals surface area contributed by atoms with Gasteiger partial charge in [0.15, 0.2) is 0 Å². The molecule has 0 radical (unpaired) electrons. The lowest BCUT2D eigenvalue weighted by molar-refractivity contribution is 0.132. The number of nitrogens with one attached hydrogen (secondary N) is 1. The van der Waals surface area contributed by atoms with E-state index in [4.69, 9.17) is 9.47 Å². The highest BCUT2D eigenvalue weighted by atomic mass is 16.6. The molecule has 5 nitrogen and oxygen atoms in total. The second-order valence-corrected chi connectivity index (χ2v) is 3.96. The minimum Gasteiger partial charge on any atom is -0.443 e. The quantitative estimate of drug-likeness (QED) is 0.833. The number of carbonyl (C=O) groups is 1. The van der Waals surface area contributed by atoms with Crippen LogP contribution in [0, 0.1) is 0 Å². The van der Waals surface area contributed by atoms with E-state index in [0.717, 1.165) is 24.1 Å². The highest BCUT2D eigenvalue weighted by molar-refractivity contribution is 5.86. The molecule has 0 bridgehead atoms. The maximum atomic E-state index is 11.4. The van der Waals surface area contributed by atoms with Crippen molar-refractivity contribution < 1.29 is 14.3 Å². The van der Waals surface area contributed by atoms with Gasteiger partial charge in [-0.2, -0.15) is 5.10 Å². The van der Waals surface area contributed by atoms with Crippen LogP contribution in [0.2, 0.25) is 0 Å². The van der Waals surface area contributed by atoms with Crippen LogP contribution in [0.3, 0.4) is 0 Å². The van der Waals surface area contributed by atoms with Crippen molar-refractivity contribution in [3.8, 4) is 0 Å². The van der Waals surface area contributed by atoms with Crippen molar-refractivity contribution in [3.63, 3.8) is 0 Å². The number of nitrogens with zero attached hydrogens (tertiary/aromatic N) is 1. The van der Waals surface area contributed by atoms with Gasteiger partial charge in [-0.1, -0.05) is 30.3 Å². The van der Waals surface area contributed by atoms with Crippen LogP contribution in [0.1, 0.15) is 18.4 Å². The average molecular weight is 248 g/mol. The SMILES string of the molecule is O=C(NN=C1CCOCC1)OCc1ccccc1. The maximum Gasteiger partial charge on any atom is 0.428 e. The Morgan fingerprint density at radius 3 is 2.72 bits per heavy atom. The van der Waals surface area contributed by atoms with Gasteiger partial charge in [0.25, 0.3) is 0 Å². The van der Waals surface area contributed by atoms with Crippen LogP contribution in [-0.2, 0) is 16.1 Å². The molecule has 1 aliphatic rings. The molecule has 1 N–H and O–H groups in total. The molecule has 0 aliphatic carbocycles. The molecule has 1 aromatic carbocycles. The molecular formula is C13H16N2O3. The molecule has 96 valence electrons. The van der Waals surface area contributed by atoms with Gasteiger partial charge in [-0.15, -0.1) is 0 Å². The van der Waals surface area contributed by atoms with Gasteiger partial charge in [-0.05, 0) is 5.56 Å². The molecule has 18 heavy (non-hydrogen) atoms. The van der Waals surface area contributed by atoms with Crippen molar-refractivity contribution in [2.75, 3.05) is 13.2 Å². The molecular weight excluding hydrogens is 232 g/mol. The van der Waals surface area contributed by atoms with Gasteiger partial charge in [-0.3, -0.25) is 0 Å². The zero-order valence-electron chi connectivity index (χ0n) is 10.1. The zero-order valence-corrected chi connectivity index (χ0v) is 10.1. The van der Waals surface area contributed by atoms with Crippen LogP contribution in [0.5, 0.6) is 0 Å². The number of hydrazone groups is 1. The van der Waals surface area contributed by atoms with Crippen LogP contribution in [-0.4, -0.2) is 25.0 Å². The summed E-state index contributed by atoms with van der Waals surface area (Å²) in [5.74, 6) is 0. The standard InChI is InChI=1S/C13H16N2O3/c16-13(15-14-12-6-8-17-9-7-12)18-10-11-4-2-1-3-5-11/h1-5H,6-10H2,(H,15,16). The van der Waals surface area contributed by atoms with Gasteiger partial charge < -0.3 is 9.47 Å². The lowest BCUT2D eigenvalue weighted by Gasteiger charge is -2.13. The maximum absolute atomic E-state index is 11.4. The molecule has 1 fully saturated rings. The fourth-order valence-corrected chi connectivity index (χ4v) is 1.60. The molecule has 5 heteroatoms. The van der Waals surface area contributed by atoms with Crippen LogP contribution < -0.4 is 5.43 Å². The molecule has 1 aliphatic heterocycles. The predicted molar refractivity (Wildman–Crippen MR) is 67.3 cm³/mol. The van der Waals surface area contributed by atoms with Crippen molar-refractivity contribution in [2.45, 2.75) is 19.4 Å². The molecule has 0 unspecified atom stereocenters. The van der Waals surface area contributed by atoms with Gasteiger partial charge in [0.05, 0.1) is 13.2 Å². The Hall–Kier alpha value is -1.88. The molecule has 2 rings (SSSR count). The van der Waals surface area contributed by atoms with E-state index in [9.17, 15) is 4.79 Å². The Morgan fingerprint density at radius 2 is 2.00 bits per heavy atom. The summed E-state index contributed by atoms with van der Waals surface area (Å²) in [7, 11) is 0. The van der Waals surface area contributed by atoms with Crippen LogP contribution >= 0.6 is 0 Å². The van der Waals surface area contributed by atoms with Crippen molar-refractivity contribution >= 4 is 11.8 Å². The van der Waals surface area contributed by atoms with Crippen LogP contribution in [0.25, 0.3) is 0 Å². The first-order chi connectivity index (χ1) is 8.84. The summed E-state index contributed by atoms with van der Waals surface area (Å²) in [5, 5.41) is 4.01. The highest BCUT2D eigenvalue weighted by Crippen LogP contribution is 2.02. The predicted octanol–water partition coefficient (Wildman–Crippen LogP) is 2.08. The first-order valence-corrected chi connectivity index (χ1v) is 5.94. The summed E-state index contributed by atoms with van der Waals surface area (Å²) in [6.07, 6.45) is 0.996. The largest absolute Gasteiger partial charge is 0.443 e. The Bertz CT molecular complexity index is 410. The molecule has 0 aromatic heterocycles. The normalized spacial score (nSPS) is 15.0. The monoisotopic (exact) mass is 248 g/mol. The molecule has 0 saturated carbocycles. The van der Waals surface area contributed by atoms with E-state index in [1.165, 1.54) is 0 Å². The van der Waals surface area contributed by atoms with Crippen LogP contribution in [0.15, 0.2) is 35.4 Å². The number of hydrogen-bond donors (Lipinski definition) is 1. The Balaban J connectivity index is 1.72. The number of hydrogen-bond acceptors (Lipinski definition) is 4. The first-order valence-electron chi connectivity index (χ1n) is 5.94. The summed E-state index contributed by atoms with van der Waals surface area (Å²) >= 11 is 0. The minimum atomic E-state index is -0.530. The van der Waals surface area contributed by atoms with Crippen molar-refractivity contribution in [1.82, 2.24) is 5.43 Å². The first kappa shape index (κ1) is 12.6. The fraction of sp³-hybridized carbons (Fsp3) is 0.385. The van der Waals surface area contributed by atoms with E-state index in [1.807, 2.05) is 30.3 Å². The number of rotatable bonds is 3. The van der Waals surface area contributed by atoms with E-state index in [2.05, 4.69) is 10.5 Å². The molecule has 1 heterocycles. The van der Waals surface area contributed by atoms with Crippen molar-refractivity contribution in [1.29, 1.82) is 0 Å². The topological polar surface area (TPSA) is 59.9 Å². The van der Waals surface area contributed by atoms with Crippen molar-refractivity contribution in [2.24, 2.45) is 5.10 Å². The van der Waals surface area contributed by atoms with E-state index >= 15 is 0 Å². The van der Waals surface area contributed by atoms with Crippen LogP contribution in [0.4, 0.5) is 4.79 Å². The lowest BCUT2D eigenvalue weighted by atomic mass is 10.2. The Morgan fingerprint density at radius 1 is 1.28 bits per heavy atom. The lowest BCUT2D eigenvalue weighted by Crippen LogP contribution is -2.23. The summed E-state index contributed by atoms with van der Waals surface area (Å²) < 4.78 is 10.2. The molecule has 1 saturated heterocycles. The van der Waals surface area contributed by atoms with Gasteiger partial charge in [-0.25, -0.2) is 10.2 Å². The van der Waals surface area contributed by atoms with Gasteiger partial charge in [0.2, 0.25) is 0 Å². The smallest absolute Gasteiger partial charge is 0.428 e. The van der Waals surface area contributed by atoms with E-state index < -0.39 is 6.09 Å². The Labute approximate surface area is 106 Å². The molecule has 0 spiro atoms. The summed E-state index contributed by atoms with van der Waals surface area (Å²) in [6, 6.07) is 9.52. The van der Waals surface area contributed by atoms with E-state index in [0.29, 0.717) is 13.2 Å². The Kier molecular flexibility index (Phi) is 4.72. The number of benzene rings is 1. The molecule has 1 amide bonds. The summed E-state index contributed by atoms with van der Waals surface area (Å²) in [4.78, 5) is 11.4. The third-order valence-corrected chi connectivity index (χ3v) is 2.59.